The van der Waals surface area contributed by atoms with E-state index < -0.39 is 6.04 Å². The molecule has 0 saturated carbocycles. The Kier molecular flexibility index (Phi) is 5.01. The molecular formula is C23H19BrN2O2. The molecule has 4 nitrogen and oxygen atoms in total. The number of carbonyl (C=O) groups excluding carboxylic acids is 2. The minimum Gasteiger partial charge on any atom is -0.324 e. The lowest BCUT2D eigenvalue weighted by atomic mass is 10.1. The molecule has 0 unspecified atom stereocenters. The summed E-state index contributed by atoms with van der Waals surface area (Å²) in [7, 11) is 0. The molecule has 1 heterocycles. The largest absolute Gasteiger partial charge is 0.324 e. The Bertz CT molecular complexity index is 1050. The highest BCUT2D eigenvalue weighted by Crippen LogP contribution is 2.34. The van der Waals surface area contributed by atoms with Crippen molar-refractivity contribution in [1.82, 2.24) is 0 Å². The van der Waals surface area contributed by atoms with Gasteiger partial charge in [0.25, 0.3) is 5.91 Å². The Balaban J connectivity index is 1.66. The number of anilines is 2. The van der Waals surface area contributed by atoms with Crippen molar-refractivity contribution in [1.29, 1.82) is 0 Å². The monoisotopic (exact) mass is 434 g/mol. The van der Waals surface area contributed by atoms with Crippen molar-refractivity contribution >= 4 is 39.1 Å². The van der Waals surface area contributed by atoms with Crippen molar-refractivity contribution in [3.05, 3.63) is 94.0 Å². The minimum absolute atomic E-state index is 0.169. The lowest BCUT2D eigenvalue weighted by Crippen LogP contribution is -2.45. The molecule has 140 valence electrons. The molecule has 1 atom stereocenters. The fourth-order valence-electron chi connectivity index (χ4n) is 3.51. The summed E-state index contributed by atoms with van der Waals surface area (Å²) in [6, 6.07) is 21.8. The van der Waals surface area contributed by atoms with Crippen molar-refractivity contribution < 1.29 is 9.59 Å². The number of hydrogen-bond acceptors (Lipinski definition) is 2. The molecule has 0 bridgehead atoms. The van der Waals surface area contributed by atoms with Crippen LogP contribution in [0.1, 0.15) is 21.5 Å². The van der Waals surface area contributed by atoms with E-state index >= 15 is 0 Å². The van der Waals surface area contributed by atoms with E-state index in [1.54, 1.807) is 17.0 Å². The summed E-state index contributed by atoms with van der Waals surface area (Å²) in [5.74, 6) is -0.361. The van der Waals surface area contributed by atoms with Crippen LogP contribution in [0.2, 0.25) is 0 Å². The molecule has 0 spiro atoms. The number of para-hydroxylation sites is 1. The zero-order valence-corrected chi connectivity index (χ0v) is 16.9. The number of fused-ring (bicyclic) bond motifs is 1. The number of nitrogens with zero attached hydrogens (tertiary/aromatic N) is 1. The van der Waals surface area contributed by atoms with Crippen LogP contribution in [-0.2, 0) is 11.2 Å². The molecule has 0 fully saturated rings. The average molecular weight is 435 g/mol. The van der Waals surface area contributed by atoms with Gasteiger partial charge in [-0.3, -0.25) is 14.5 Å². The Morgan fingerprint density at radius 1 is 1.00 bits per heavy atom. The van der Waals surface area contributed by atoms with Crippen molar-refractivity contribution in [2.24, 2.45) is 0 Å². The summed E-state index contributed by atoms with van der Waals surface area (Å²) >= 11 is 3.47. The summed E-state index contributed by atoms with van der Waals surface area (Å²) in [4.78, 5) is 27.9. The van der Waals surface area contributed by atoms with E-state index in [-0.39, 0.29) is 11.8 Å². The van der Waals surface area contributed by atoms with Gasteiger partial charge in [0.05, 0.1) is 0 Å². The van der Waals surface area contributed by atoms with Crippen LogP contribution in [0.4, 0.5) is 11.4 Å². The van der Waals surface area contributed by atoms with Crippen LogP contribution in [0.5, 0.6) is 0 Å². The highest BCUT2D eigenvalue weighted by Gasteiger charge is 2.38. The van der Waals surface area contributed by atoms with Crippen molar-refractivity contribution in [2.45, 2.75) is 19.4 Å². The minimum atomic E-state index is -0.589. The molecule has 0 aromatic heterocycles. The van der Waals surface area contributed by atoms with Gasteiger partial charge in [0.1, 0.15) is 6.04 Å². The van der Waals surface area contributed by atoms with E-state index in [9.17, 15) is 9.59 Å². The molecule has 1 N–H and O–H groups in total. The Hall–Kier alpha value is -2.92. The predicted molar refractivity (Wildman–Crippen MR) is 115 cm³/mol. The average Bonchev–Trinajstić information content (AvgIpc) is 3.10. The Morgan fingerprint density at radius 3 is 2.46 bits per heavy atom. The maximum atomic E-state index is 13.2. The van der Waals surface area contributed by atoms with Crippen LogP contribution in [0.25, 0.3) is 0 Å². The van der Waals surface area contributed by atoms with Crippen LogP contribution >= 0.6 is 15.9 Å². The molecular weight excluding hydrogens is 416 g/mol. The van der Waals surface area contributed by atoms with E-state index in [0.717, 1.165) is 21.3 Å². The summed E-state index contributed by atoms with van der Waals surface area (Å²) in [5.41, 5.74) is 4.11. The van der Waals surface area contributed by atoms with Gasteiger partial charge in [-0.05, 0) is 54.4 Å². The first kappa shape index (κ1) is 18.4. The number of nitrogens with one attached hydrogen (secondary N) is 1. The van der Waals surface area contributed by atoms with Gasteiger partial charge in [-0.2, -0.15) is 0 Å². The molecule has 5 heteroatoms. The standard InChI is InChI=1S/C23H19BrN2O2/c1-15-13-18(11-12-19(15)24)25-22(27)21-14-17-9-5-6-10-20(17)26(21)23(28)16-7-3-2-4-8-16/h2-13,21H,14H2,1H3,(H,25,27)/t21-/m1/s1. The molecule has 0 aliphatic carbocycles. The summed E-state index contributed by atoms with van der Waals surface area (Å²) in [5, 5.41) is 2.97. The van der Waals surface area contributed by atoms with E-state index in [1.165, 1.54) is 0 Å². The van der Waals surface area contributed by atoms with Crippen molar-refractivity contribution in [3.8, 4) is 0 Å². The zero-order valence-electron chi connectivity index (χ0n) is 15.4. The molecule has 0 saturated heterocycles. The van der Waals surface area contributed by atoms with Crippen molar-refractivity contribution in [2.75, 3.05) is 10.2 Å². The first-order valence-corrected chi connectivity index (χ1v) is 9.87. The molecule has 3 aromatic rings. The smallest absolute Gasteiger partial charge is 0.259 e. The van der Waals surface area contributed by atoms with Crippen LogP contribution in [-0.4, -0.2) is 17.9 Å². The maximum Gasteiger partial charge on any atom is 0.259 e. The summed E-state index contributed by atoms with van der Waals surface area (Å²) < 4.78 is 0.986. The zero-order chi connectivity index (χ0) is 19.7. The highest BCUT2D eigenvalue weighted by molar-refractivity contribution is 9.10. The number of aryl methyl sites for hydroxylation is 1. The van der Waals surface area contributed by atoms with Crippen LogP contribution in [0.15, 0.2) is 77.3 Å². The lowest BCUT2D eigenvalue weighted by Gasteiger charge is -2.25. The molecule has 0 radical (unpaired) electrons. The lowest BCUT2D eigenvalue weighted by molar-refractivity contribution is -0.117. The summed E-state index contributed by atoms with van der Waals surface area (Å²) in [6.45, 7) is 1.97. The molecule has 3 aromatic carbocycles. The maximum absolute atomic E-state index is 13.2. The Morgan fingerprint density at radius 2 is 1.71 bits per heavy atom. The number of amides is 2. The third-order valence-corrected chi connectivity index (χ3v) is 5.83. The van der Waals surface area contributed by atoms with Gasteiger partial charge in [0.2, 0.25) is 5.91 Å². The first-order valence-electron chi connectivity index (χ1n) is 9.08. The fraction of sp³-hybridized carbons (Fsp3) is 0.130. The number of carbonyl (C=O) groups is 2. The van der Waals surface area contributed by atoms with Gasteiger partial charge in [0.15, 0.2) is 0 Å². The van der Waals surface area contributed by atoms with Gasteiger partial charge in [-0.1, -0.05) is 52.3 Å². The van der Waals surface area contributed by atoms with Gasteiger partial charge in [-0.15, -0.1) is 0 Å². The number of benzene rings is 3. The SMILES string of the molecule is Cc1cc(NC(=O)[C@H]2Cc3ccccc3N2C(=O)c2ccccc2)ccc1Br. The molecule has 28 heavy (non-hydrogen) atoms. The Labute approximate surface area is 172 Å². The van der Waals surface area contributed by atoms with Gasteiger partial charge >= 0.3 is 0 Å². The molecule has 2 amide bonds. The number of rotatable bonds is 3. The van der Waals surface area contributed by atoms with Crippen LogP contribution < -0.4 is 10.2 Å². The van der Waals surface area contributed by atoms with Gasteiger partial charge in [-0.25, -0.2) is 0 Å². The quantitative estimate of drug-likeness (QED) is 0.632. The van der Waals surface area contributed by atoms with E-state index in [2.05, 4.69) is 21.2 Å². The fourth-order valence-corrected chi connectivity index (χ4v) is 3.76. The second-order valence-corrected chi connectivity index (χ2v) is 7.70. The first-order chi connectivity index (χ1) is 13.5. The molecule has 1 aliphatic heterocycles. The second-order valence-electron chi connectivity index (χ2n) is 6.84. The van der Waals surface area contributed by atoms with E-state index in [0.29, 0.717) is 17.7 Å². The molecule has 1 aliphatic rings. The predicted octanol–water partition coefficient (Wildman–Crippen LogP) is 4.97. The van der Waals surface area contributed by atoms with E-state index in [1.807, 2.05) is 67.6 Å². The normalized spacial score (nSPS) is 15.2. The van der Waals surface area contributed by atoms with Crippen LogP contribution in [0.3, 0.4) is 0 Å². The topological polar surface area (TPSA) is 49.4 Å². The van der Waals surface area contributed by atoms with E-state index in [4.69, 9.17) is 0 Å². The van der Waals surface area contributed by atoms with Gasteiger partial charge in [0, 0.05) is 27.8 Å². The third-order valence-electron chi connectivity index (χ3n) is 4.94. The van der Waals surface area contributed by atoms with Crippen LogP contribution in [0, 0.1) is 6.92 Å². The third kappa shape index (κ3) is 3.45. The van der Waals surface area contributed by atoms with Gasteiger partial charge < -0.3 is 5.32 Å². The second kappa shape index (κ2) is 7.60. The molecule has 4 rings (SSSR count). The summed E-state index contributed by atoms with van der Waals surface area (Å²) in [6.07, 6.45) is 0.496. The number of halogens is 1. The van der Waals surface area contributed by atoms with Crippen molar-refractivity contribution in [3.63, 3.8) is 0 Å². The highest BCUT2D eigenvalue weighted by atomic mass is 79.9. The number of hydrogen-bond donors (Lipinski definition) is 1.